The molecule has 0 saturated carbocycles. The van der Waals surface area contributed by atoms with Crippen LogP contribution in [0.15, 0.2) is 140 Å². The number of benzene rings is 5. The monoisotopic (exact) mass is 598 g/mol. The van der Waals surface area contributed by atoms with E-state index >= 15 is 0 Å². The predicted octanol–water partition coefficient (Wildman–Crippen LogP) is 8.16. The lowest BCUT2D eigenvalue weighted by Gasteiger charge is -2.28. The number of carbonyl (C=O) groups excluding carboxylic acids is 2. The summed E-state index contributed by atoms with van der Waals surface area (Å²) >= 11 is 0. The summed E-state index contributed by atoms with van der Waals surface area (Å²) in [5.41, 5.74) is 4.84. The molecule has 1 heterocycles. The van der Waals surface area contributed by atoms with Crippen LogP contribution >= 0.6 is 0 Å². The first-order chi connectivity index (χ1) is 22.0. The van der Waals surface area contributed by atoms with Crippen LogP contribution in [0, 0.1) is 5.82 Å². The standard InChI is InChI=1S/C38H31FN2O4/c1-44-32-20-21-33(36(24-32)45-25-26-8-4-2-5-9-26)37-34(22-23-35(42)29-12-16-30(39)17-13-29)40-38(43)41(37)31-18-14-28(15-19-31)27-10-6-3-7-11-27/h2-24,34,37H,25H2,1H3,(H,40,43)/b23-22+. The van der Waals surface area contributed by atoms with Crippen molar-refractivity contribution in [2.45, 2.75) is 18.7 Å². The van der Waals surface area contributed by atoms with Crippen molar-refractivity contribution < 1.29 is 23.5 Å². The van der Waals surface area contributed by atoms with Crippen molar-refractivity contribution in [3.05, 3.63) is 162 Å². The molecule has 5 aromatic rings. The number of urea groups is 1. The van der Waals surface area contributed by atoms with E-state index in [0.717, 1.165) is 22.3 Å². The number of ether oxygens (including phenoxy) is 2. The third kappa shape index (κ3) is 6.63. The van der Waals surface area contributed by atoms with E-state index in [1.807, 2.05) is 103 Å². The fourth-order valence-corrected chi connectivity index (χ4v) is 5.43. The summed E-state index contributed by atoms with van der Waals surface area (Å²) in [4.78, 5) is 28.4. The Labute approximate surface area is 261 Å². The van der Waals surface area contributed by atoms with Gasteiger partial charge in [0, 0.05) is 22.9 Å². The first-order valence-corrected chi connectivity index (χ1v) is 14.6. The Balaban J connectivity index is 1.38. The Hall–Kier alpha value is -5.69. The van der Waals surface area contributed by atoms with Gasteiger partial charge in [-0.25, -0.2) is 9.18 Å². The van der Waals surface area contributed by atoms with Gasteiger partial charge in [-0.3, -0.25) is 9.69 Å². The van der Waals surface area contributed by atoms with E-state index in [4.69, 9.17) is 9.47 Å². The molecule has 1 saturated heterocycles. The van der Waals surface area contributed by atoms with Gasteiger partial charge in [0.05, 0.1) is 19.2 Å². The zero-order valence-corrected chi connectivity index (χ0v) is 24.6. The first-order valence-electron chi connectivity index (χ1n) is 14.6. The number of hydrogen-bond acceptors (Lipinski definition) is 4. The molecule has 2 amide bonds. The van der Waals surface area contributed by atoms with Crippen LogP contribution < -0.4 is 19.7 Å². The number of carbonyl (C=O) groups is 2. The van der Waals surface area contributed by atoms with Gasteiger partial charge in [0.15, 0.2) is 5.78 Å². The molecular formula is C38H31FN2O4. The van der Waals surface area contributed by atoms with Crippen LogP contribution in [0.5, 0.6) is 11.5 Å². The number of hydrogen-bond donors (Lipinski definition) is 1. The number of rotatable bonds is 10. The molecule has 1 aliphatic rings. The number of halogens is 1. The van der Waals surface area contributed by atoms with Gasteiger partial charge < -0.3 is 14.8 Å². The molecule has 6 rings (SSSR count). The van der Waals surface area contributed by atoms with Crippen LogP contribution in [-0.4, -0.2) is 25.0 Å². The lowest BCUT2D eigenvalue weighted by Crippen LogP contribution is -2.29. The number of nitrogens with one attached hydrogen (secondary N) is 1. The minimum Gasteiger partial charge on any atom is -0.497 e. The second-order valence-corrected chi connectivity index (χ2v) is 10.6. The van der Waals surface area contributed by atoms with Crippen LogP contribution in [0.1, 0.15) is 27.5 Å². The van der Waals surface area contributed by atoms with Crippen LogP contribution in [-0.2, 0) is 6.61 Å². The van der Waals surface area contributed by atoms with Gasteiger partial charge in [-0.2, -0.15) is 0 Å². The minimum atomic E-state index is -0.594. The Bertz CT molecular complexity index is 1810. The Morgan fingerprint density at radius 3 is 2.20 bits per heavy atom. The molecule has 0 aromatic heterocycles. The van der Waals surface area contributed by atoms with E-state index in [1.165, 1.54) is 30.3 Å². The van der Waals surface area contributed by atoms with Gasteiger partial charge in [-0.15, -0.1) is 0 Å². The third-order valence-corrected chi connectivity index (χ3v) is 7.74. The summed E-state index contributed by atoms with van der Waals surface area (Å²) in [5, 5.41) is 3.04. The van der Waals surface area contributed by atoms with E-state index in [0.29, 0.717) is 29.4 Å². The molecule has 0 aliphatic carbocycles. The van der Waals surface area contributed by atoms with E-state index in [9.17, 15) is 14.0 Å². The highest BCUT2D eigenvalue weighted by Crippen LogP contribution is 2.41. The number of ketones is 1. The number of amides is 2. The lowest BCUT2D eigenvalue weighted by atomic mass is 9.96. The molecule has 1 aliphatic heterocycles. The van der Waals surface area contributed by atoms with Crippen molar-refractivity contribution in [3.63, 3.8) is 0 Å². The minimum absolute atomic E-state index is 0.302. The van der Waals surface area contributed by atoms with E-state index in [1.54, 1.807) is 18.1 Å². The maximum atomic E-state index is 13.7. The van der Waals surface area contributed by atoms with Gasteiger partial charge in [0.1, 0.15) is 23.9 Å². The molecule has 1 fully saturated rings. The quantitative estimate of drug-likeness (QED) is 0.130. The van der Waals surface area contributed by atoms with E-state index in [2.05, 4.69) is 5.32 Å². The largest absolute Gasteiger partial charge is 0.497 e. The van der Waals surface area contributed by atoms with E-state index < -0.39 is 17.9 Å². The zero-order chi connectivity index (χ0) is 31.2. The second kappa shape index (κ2) is 13.3. The van der Waals surface area contributed by atoms with Gasteiger partial charge in [0.2, 0.25) is 0 Å². The summed E-state index contributed by atoms with van der Waals surface area (Å²) in [6.07, 6.45) is 3.10. The zero-order valence-electron chi connectivity index (χ0n) is 24.6. The van der Waals surface area contributed by atoms with Crippen molar-refractivity contribution >= 4 is 17.5 Å². The average Bonchev–Trinajstić information content (AvgIpc) is 3.42. The summed E-state index contributed by atoms with van der Waals surface area (Å²) in [5.74, 6) is 0.435. The molecule has 1 N–H and O–H groups in total. The molecule has 0 radical (unpaired) electrons. The van der Waals surface area contributed by atoms with Crippen molar-refractivity contribution in [1.29, 1.82) is 0 Å². The smallest absolute Gasteiger partial charge is 0.323 e. The van der Waals surface area contributed by atoms with Crippen molar-refractivity contribution in [1.82, 2.24) is 5.32 Å². The molecule has 2 unspecified atom stereocenters. The Kier molecular flexibility index (Phi) is 8.69. The Morgan fingerprint density at radius 1 is 0.844 bits per heavy atom. The number of allylic oxidation sites excluding steroid dienone is 1. The molecule has 7 heteroatoms. The summed E-state index contributed by atoms with van der Waals surface area (Å²) in [7, 11) is 1.59. The molecular weight excluding hydrogens is 567 g/mol. The average molecular weight is 599 g/mol. The molecule has 5 aromatic carbocycles. The fourth-order valence-electron chi connectivity index (χ4n) is 5.43. The number of anilines is 1. The highest BCUT2D eigenvalue weighted by Gasteiger charge is 2.41. The topological polar surface area (TPSA) is 67.9 Å². The molecule has 0 bridgehead atoms. The normalized spacial score (nSPS) is 16.0. The third-order valence-electron chi connectivity index (χ3n) is 7.74. The van der Waals surface area contributed by atoms with Crippen LogP contribution in [0.3, 0.4) is 0 Å². The number of methoxy groups -OCH3 is 1. The summed E-state index contributed by atoms with van der Waals surface area (Å²) < 4.78 is 25.3. The maximum absolute atomic E-state index is 13.7. The van der Waals surface area contributed by atoms with Gasteiger partial charge in [-0.05, 0) is 71.3 Å². The van der Waals surface area contributed by atoms with Crippen molar-refractivity contribution in [2.24, 2.45) is 0 Å². The highest BCUT2D eigenvalue weighted by atomic mass is 19.1. The van der Waals surface area contributed by atoms with Gasteiger partial charge in [-0.1, -0.05) is 78.9 Å². The lowest BCUT2D eigenvalue weighted by molar-refractivity contribution is 0.104. The Morgan fingerprint density at radius 2 is 1.51 bits per heavy atom. The van der Waals surface area contributed by atoms with Crippen molar-refractivity contribution in [2.75, 3.05) is 12.0 Å². The molecule has 2 atom stereocenters. The maximum Gasteiger partial charge on any atom is 0.323 e. The summed E-state index contributed by atoms with van der Waals surface area (Å²) in [6.45, 7) is 0.310. The van der Waals surface area contributed by atoms with Crippen LogP contribution in [0.2, 0.25) is 0 Å². The van der Waals surface area contributed by atoms with E-state index in [-0.39, 0.29) is 11.8 Å². The molecule has 224 valence electrons. The fraction of sp³-hybridized carbons (Fsp3) is 0.105. The van der Waals surface area contributed by atoms with Gasteiger partial charge >= 0.3 is 6.03 Å². The first kappa shape index (κ1) is 29.4. The van der Waals surface area contributed by atoms with Crippen molar-refractivity contribution in [3.8, 4) is 22.6 Å². The molecule has 45 heavy (non-hydrogen) atoms. The second-order valence-electron chi connectivity index (χ2n) is 10.6. The SMILES string of the molecule is COc1ccc(C2C(/C=C/C(=O)c3ccc(F)cc3)NC(=O)N2c2ccc(-c3ccccc3)cc2)c(OCc2ccccc2)c1. The molecule has 6 nitrogen and oxygen atoms in total. The summed E-state index contributed by atoms with van der Waals surface area (Å²) in [6, 6.07) is 37.0. The van der Waals surface area contributed by atoms with Crippen LogP contribution in [0.4, 0.5) is 14.9 Å². The van der Waals surface area contributed by atoms with Crippen LogP contribution in [0.25, 0.3) is 11.1 Å². The number of nitrogens with zero attached hydrogens (tertiary/aromatic N) is 1. The molecule has 0 spiro atoms. The highest BCUT2D eigenvalue weighted by molar-refractivity contribution is 6.05. The van der Waals surface area contributed by atoms with Gasteiger partial charge in [0.25, 0.3) is 0 Å². The predicted molar refractivity (Wildman–Crippen MR) is 173 cm³/mol.